The summed E-state index contributed by atoms with van der Waals surface area (Å²) in [5.41, 5.74) is 0.802. The van der Waals surface area contributed by atoms with E-state index >= 15 is 0 Å². The lowest BCUT2D eigenvalue weighted by molar-refractivity contribution is 0.0597. The molecule has 6 nitrogen and oxygen atoms in total. The second kappa shape index (κ2) is 8.18. The molecule has 0 aromatic heterocycles. The largest absolute Gasteiger partial charge is 0.505 e. The van der Waals surface area contributed by atoms with Crippen LogP contribution in [0.5, 0.6) is 5.75 Å². The number of esters is 1. The van der Waals surface area contributed by atoms with Crippen molar-refractivity contribution in [3.05, 3.63) is 95.1 Å². The van der Waals surface area contributed by atoms with E-state index in [4.69, 9.17) is 0 Å². The molecule has 0 fully saturated rings. The van der Waals surface area contributed by atoms with Gasteiger partial charge in [-0.05, 0) is 18.2 Å². The number of methoxy groups -OCH3 is 1. The summed E-state index contributed by atoms with van der Waals surface area (Å²) in [5.74, 6) is -2.01. The Hall–Kier alpha value is -3.93. The van der Waals surface area contributed by atoms with Crippen LogP contribution in [-0.4, -0.2) is 29.9 Å². The topological polar surface area (TPSA) is 92.7 Å². The van der Waals surface area contributed by atoms with E-state index in [1.54, 1.807) is 48.5 Å². The van der Waals surface area contributed by atoms with Crippen LogP contribution < -0.4 is 5.32 Å². The number of amides is 1. The minimum atomic E-state index is -0.728. The zero-order valence-corrected chi connectivity index (χ0v) is 15.0. The van der Waals surface area contributed by atoms with Gasteiger partial charge in [-0.2, -0.15) is 0 Å². The molecule has 6 heteroatoms. The number of phenolic OH excluding ortho intramolecular Hbond substituents is 1. The predicted octanol–water partition coefficient (Wildman–Crippen LogP) is 3.66. The van der Waals surface area contributed by atoms with Crippen molar-refractivity contribution in [3.63, 3.8) is 0 Å². The first kappa shape index (κ1) is 18.8. The molecular formula is C22H17NO5. The normalized spacial score (nSPS) is 10.2. The molecule has 0 radical (unpaired) electrons. The van der Waals surface area contributed by atoms with Gasteiger partial charge in [0.05, 0.1) is 18.4 Å². The number of ketones is 1. The molecule has 2 N–H and O–H groups in total. The third-order valence-corrected chi connectivity index (χ3v) is 4.14. The first-order valence-corrected chi connectivity index (χ1v) is 8.43. The van der Waals surface area contributed by atoms with E-state index in [1.807, 2.05) is 0 Å². The van der Waals surface area contributed by atoms with Crippen LogP contribution in [0.2, 0.25) is 0 Å². The van der Waals surface area contributed by atoms with Crippen molar-refractivity contribution in [2.24, 2.45) is 0 Å². The van der Waals surface area contributed by atoms with E-state index in [0.717, 1.165) is 0 Å². The Bertz CT molecular complexity index is 1040. The number of benzene rings is 3. The van der Waals surface area contributed by atoms with Crippen LogP contribution in [0.15, 0.2) is 72.8 Å². The lowest BCUT2D eigenvalue weighted by Gasteiger charge is -2.12. The maximum atomic E-state index is 12.8. The van der Waals surface area contributed by atoms with Gasteiger partial charge in [0, 0.05) is 11.1 Å². The quantitative estimate of drug-likeness (QED) is 0.403. The predicted molar refractivity (Wildman–Crippen MR) is 104 cm³/mol. The molecule has 3 aromatic rings. The highest BCUT2D eigenvalue weighted by Crippen LogP contribution is 2.29. The molecule has 1 amide bonds. The Labute approximate surface area is 161 Å². The number of phenols is 1. The number of carbonyl (C=O) groups is 3. The van der Waals surface area contributed by atoms with Gasteiger partial charge in [0.25, 0.3) is 5.91 Å². The summed E-state index contributed by atoms with van der Waals surface area (Å²) >= 11 is 0. The number of anilines is 1. The van der Waals surface area contributed by atoms with E-state index in [0.29, 0.717) is 5.56 Å². The number of ether oxygens (including phenoxy) is 1. The highest BCUT2D eigenvalue weighted by atomic mass is 16.5. The number of hydrogen-bond acceptors (Lipinski definition) is 5. The van der Waals surface area contributed by atoms with E-state index in [1.165, 1.54) is 31.4 Å². The fourth-order valence-electron chi connectivity index (χ4n) is 2.73. The molecule has 28 heavy (non-hydrogen) atoms. The second-order valence-electron chi connectivity index (χ2n) is 5.89. The van der Waals surface area contributed by atoms with Crippen molar-refractivity contribution >= 4 is 23.3 Å². The standard InChI is InChI=1S/C22H17NO5/c1-28-22(27)17-12-7-13-18(20(17)25)23-21(26)16-11-6-5-10-15(16)19(24)14-8-3-2-4-9-14/h2-13,25H,1H3,(H,23,26). The minimum Gasteiger partial charge on any atom is -0.505 e. The molecule has 0 aliphatic rings. The van der Waals surface area contributed by atoms with Gasteiger partial charge in [-0.1, -0.05) is 54.6 Å². The van der Waals surface area contributed by atoms with E-state index in [9.17, 15) is 19.5 Å². The van der Waals surface area contributed by atoms with Gasteiger partial charge < -0.3 is 15.2 Å². The summed E-state index contributed by atoms with van der Waals surface area (Å²) in [6.07, 6.45) is 0. The molecule has 0 saturated heterocycles. The zero-order chi connectivity index (χ0) is 20.1. The van der Waals surface area contributed by atoms with Gasteiger partial charge in [0.15, 0.2) is 11.5 Å². The Balaban J connectivity index is 1.93. The smallest absolute Gasteiger partial charge is 0.341 e. The van der Waals surface area contributed by atoms with Crippen molar-refractivity contribution in [2.75, 3.05) is 12.4 Å². The van der Waals surface area contributed by atoms with Crippen molar-refractivity contribution in [1.82, 2.24) is 0 Å². The molecule has 0 spiro atoms. The average molecular weight is 375 g/mol. The number of hydrogen-bond donors (Lipinski definition) is 2. The molecule has 3 rings (SSSR count). The summed E-state index contributed by atoms with van der Waals surface area (Å²) in [6, 6.07) is 19.3. The Morgan fingerprint density at radius 1 is 0.786 bits per heavy atom. The van der Waals surface area contributed by atoms with Crippen LogP contribution >= 0.6 is 0 Å². The SMILES string of the molecule is COC(=O)c1cccc(NC(=O)c2ccccc2C(=O)c2ccccc2)c1O. The monoisotopic (exact) mass is 375 g/mol. The van der Waals surface area contributed by atoms with Gasteiger partial charge in [0.2, 0.25) is 0 Å². The first-order chi connectivity index (χ1) is 13.5. The molecule has 0 heterocycles. The Morgan fingerprint density at radius 2 is 1.39 bits per heavy atom. The van der Waals surface area contributed by atoms with Crippen molar-refractivity contribution in [3.8, 4) is 5.75 Å². The lowest BCUT2D eigenvalue weighted by Crippen LogP contribution is -2.17. The number of aromatic hydroxyl groups is 1. The average Bonchev–Trinajstić information content (AvgIpc) is 2.74. The molecule has 0 atom stereocenters. The molecule has 0 aliphatic carbocycles. The van der Waals surface area contributed by atoms with Gasteiger partial charge in [-0.25, -0.2) is 4.79 Å². The molecular weight excluding hydrogens is 358 g/mol. The third kappa shape index (κ3) is 3.76. The lowest BCUT2D eigenvalue weighted by atomic mass is 9.98. The molecule has 0 unspecified atom stereocenters. The fraction of sp³-hybridized carbons (Fsp3) is 0.0455. The molecule has 0 aliphatic heterocycles. The number of carbonyl (C=O) groups excluding carboxylic acids is 3. The van der Waals surface area contributed by atoms with Crippen LogP contribution in [0.4, 0.5) is 5.69 Å². The van der Waals surface area contributed by atoms with Crippen LogP contribution in [0.1, 0.15) is 36.6 Å². The number of nitrogens with one attached hydrogen (secondary N) is 1. The molecule has 3 aromatic carbocycles. The third-order valence-electron chi connectivity index (χ3n) is 4.14. The summed E-state index contributed by atoms with van der Waals surface area (Å²) < 4.78 is 4.60. The maximum Gasteiger partial charge on any atom is 0.341 e. The molecule has 140 valence electrons. The van der Waals surface area contributed by atoms with Crippen LogP contribution in [0.25, 0.3) is 0 Å². The summed E-state index contributed by atoms with van der Waals surface area (Å²) in [7, 11) is 1.19. The van der Waals surface area contributed by atoms with Gasteiger partial charge in [-0.3, -0.25) is 9.59 Å². The van der Waals surface area contributed by atoms with Crippen molar-refractivity contribution in [1.29, 1.82) is 0 Å². The van der Waals surface area contributed by atoms with Gasteiger partial charge >= 0.3 is 5.97 Å². The summed E-state index contributed by atoms with van der Waals surface area (Å²) in [4.78, 5) is 37.3. The van der Waals surface area contributed by atoms with E-state index in [-0.39, 0.29) is 28.2 Å². The van der Waals surface area contributed by atoms with Crippen molar-refractivity contribution in [2.45, 2.75) is 0 Å². The maximum absolute atomic E-state index is 12.8. The number of rotatable bonds is 5. The molecule has 0 bridgehead atoms. The van der Waals surface area contributed by atoms with Crippen LogP contribution in [-0.2, 0) is 4.74 Å². The van der Waals surface area contributed by atoms with Gasteiger partial charge in [-0.15, -0.1) is 0 Å². The van der Waals surface area contributed by atoms with Gasteiger partial charge in [0.1, 0.15) is 5.56 Å². The highest BCUT2D eigenvalue weighted by Gasteiger charge is 2.20. The van der Waals surface area contributed by atoms with E-state index in [2.05, 4.69) is 10.1 Å². The highest BCUT2D eigenvalue weighted by molar-refractivity contribution is 6.18. The summed E-state index contributed by atoms with van der Waals surface area (Å²) in [5, 5.41) is 12.8. The minimum absolute atomic E-state index is 0.0369. The number of para-hydroxylation sites is 1. The second-order valence-corrected chi connectivity index (χ2v) is 5.89. The summed E-state index contributed by atoms with van der Waals surface area (Å²) in [6.45, 7) is 0. The Morgan fingerprint density at radius 3 is 2.07 bits per heavy atom. The van der Waals surface area contributed by atoms with Crippen LogP contribution in [0.3, 0.4) is 0 Å². The van der Waals surface area contributed by atoms with Crippen LogP contribution in [0, 0.1) is 0 Å². The van der Waals surface area contributed by atoms with Crippen molar-refractivity contribution < 1.29 is 24.2 Å². The van der Waals surface area contributed by atoms with E-state index < -0.39 is 17.6 Å². The fourth-order valence-corrected chi connectivity index (χ4v) is 2.73. The zero-order valence-electron chi connectivity index (χ0n) is 15.0. The Kier molecular flexibility index (Phi) is 5.50. The first-order valence-electron chi connectivity index (χ1n) is 8.43. The molecule has 0 saturated carbocycles.